The Hall–Kier alpha value is 0.620. The van der Waals surface area contributed by atoms with Gasteiger partial charge in [0.25, 0.3) is 0 Å². The summed E-state index contributed by atoms with van der Waals surface area (Å²) < 4.78 is 2.34. The van der Waals surface area contributed by atoms with Gasteiger partial charge >= 0.3 is 0 Å². The molecule has 1 heterocycles. The third kappa shape index (κ3) is 2.48. The van der Waals surface area contributed by atoms with E-state index >= 15 is 0 Å². The van der Waals surface area contributed by atoms with E-state index in [1.165, 1.54) is 28.6 Å². The second-order valence-electron chi connectivity index (χ2n) is 4.38. The molecule has 1 saturated carbocycles. The van der Waals surface area contributed by atoms with Crippen molar-refractivity contribution < 1.29 is 0 Å². The van der Waals surface area contributed by atoms with Gasteiger partial charge in [0.1, 0.15) is 0 Å². The van der Waals surface area contributed by atoms with Crippen molar-refractivity contribution in [2.45, 2.75) is 32.2 Å². The summed E-state index contributed by atoms with van der Waals surface area (Å²) in [4.78, 5) is 0. The standard InChI is InChI=1S/C11H15Br2NS/c1-6-3-2-4-7(6)10(14)8-5-9(12)15-11(8)13/h5-7,10H,2-4,14H2,1H3. The van der Waals surface area contributed by atoms with Gasteiger partial charge in [-0.1, -0.05) is 19.8 Å². The van der Waals surface area contributed by atoms with Crippen molar-refractivity contribution in [3.05, 3.63) is 19.2 Å². The van der Waals surface area contributed by atoms with Crippen LogP contribution in [0.5, 0.6) is 0 Å². The lowest BCUT2D eigenvalue weighted by molar-refractivity contribution is 0.351. The summed E-state index contributed by atoms with van der Waals surface area (Å²) in [6.07, 6.45) is 3.95. The Morgan fingerprint density at radius 3 is 2.67 bits per heavy atom. The molecule has 2 N–H and O–H groups in total. The Morgan fingerprint density at radius 2 is 2.20 bits per heavy atom. The molecule has 0 bridgehead atoms. The molecule has 1 aromatic heterocycles. The lowest BCUT2D eigenvalue weighted by Gasteiger charge is -2.23. The fourth-order valence-electron chi connectivity index (χ4n) is 2.52. The Kier molecular flexibility index (Phi) is 3.92. The first kappa shape index (κ1) is 12.1. The highest BCUT2D eigenvalue weighted by atomic mass is 79.9. The molecule has 1 aliphatic rings. The van der Waals surface area contributed by atoms with Gasteiger partial charge in [0.2, 0.25) is 0 Å². The zero-order valence-corrected chi connectivity index (χ0v) is 12.7. The average Bonchev–Trinajstić information content (AvgIpc) is 2.71. The van der Waals surface area contributed by atoms with Crippen LogP contribution in [0.2, 0.25) is 0 Å². The lowest BCUT2D eigenvalue weighted by atomic mass is 9.88. The largest absolute Gasteiger partial charge is 0.324 e. The third-order valence-corrected chi connectivity index (χ3v) is 5.82. The van der Waals surface area contributed by atoms with Crippen molar-refractivity contribution >= 4 is 43.2 Å². The molecule has 1 fully saturated rings. The molecule has 1 aliphatic carbocycles. The van der Waals surface area contributed by atoms with Crippen LogP contribution in [0.15, 0.2) is 13.6 Å². The number of halogens is 2. The van der Waals surface area contributed by atoms with E-state index in [2.05, 4.69) is 44.8 Å². The minimum atomic E-state index is 0.194. The van der Waals surface area contributed by atoms with Crippen molar-refractivity contribution in [1.29, 1.82) is 0 Å². The van der Waals surface area contributed by atoms with E-state index in [0.29, 0.717) is 5.92 Å². The predicted octanol–water partition coefficient (Wildman–Crippen LogP) is 4.71. The summed E-state index contributed by atoms with van der Waals surface area (Å²) in [6, 6.07) is 2.35. The molecule has 0 aromatic carbocycles. The van der Waals surface area contributed by atoms with Gasteiger partial charge in [-0.15, -0.1) is 11.3 Å². The van der Waals surface area contributed by atoms with Crippen LogP contribution >= 0.6 is 43.2 Å². The highest BCUT2D eigenvalue weighted by Crippen LogP contribution is 2.43. The van der Waals surface area contributed by atoms with Crippen LogP contribution in [0.25, 0.3) is 0 Å². The topological polar surface area (TPSA) is 26.0 Å². The van der Waals surface area contributed by atoms with Crippen molar-refractivity contribution in [2.75, 3.05) is 0 Å². The van der Waals surface area contributed by atoms with E-state index in [1.807, 2.05) is 0 Å². The number of rotatable bonds is 2. The van der Waals surface area contributed by atoms with Gasteiger partial charge in [-0.2, -0.15) is 0 Å². The first-order valence-corrected chi connectivity index (χ1v) is 7.70. The molecule has 1 nitrogen and oxygen atoms in total. The molecule has 4 heteroatoms. The van der Waals surface area contributed by atoms with Crippen LogP contribution < -0.4 is 5.73 Å². The molecule has 84 valence electrons. The number of thiophene rings is 1. The maximum absolute atomic E-state index is 6.36. The third-order valence-electron chi connectivity index (χ3n) is 3.43. The molecule has 0 amide bonds. The summed E-state index contributed by atoms with van der Waals surface area (Å²) in [5.41, 5.74) is 7.63. The summed E-state index contributed by atoms with van der Waals surface area (Å²) >= 11 is 8.81. The van der Waals surface area contributed by atoms with Gasteiger partial charge in [-0.25, -0.2) is 0 Å². The van der Waals surface area contributed by atoms with Gasteiger partial charge in [0.15, 0.2) is 0 Å². The molecule has 0 radical (unpaired) electrons. The maximum Gasteiger partial charge on any atom is 0.0758 e. The zero-order valence-electron chi connectivity index (χ0n) is 8.67. The van der Waals surface area contributed by atoms with Crippen LogP contribution in [0.3, 0.4) is 0 Å². The Morgan fingerprint density at radius 1 is 1.47 bits per heavy atom. The molecule has 0 aliphatic heterocycles. The highest BCUT2D eigenvalue weighted by Gasteiger charge is 2.31. The second kappa shape index (κ2) is 4.86. The number of hydrogen-bond acceptors (Lipinski definition) is 2. The lowest BCUT2D eigenvalue weighted by Crippen LogP contribution is -2.23. The molecule has 3 atom stereocenters. The highest BCUT2D eigenvalue weighted by molar-refractivity contribution is 9.12. The van der Waals surface area contributed by atoms with E-state index < -0.39 is 0 Å². The van der Waals surface area contributed by atoms with Crippen molar-refractivity contribution in [2.24, 2.45) is 17.6 Å². The van der Waals surface area contributed by atoms with Crippen molar-refractivity contribution in [3.63, 3.8) is 0 Å². The molecule has 3 unspecified atom stereocenters. The molecule has 2 rings (SSSR count). The van der Waals surface area contributed by atoms with Crippen molar-refractivity contribution in [1.82, 2.24) is 0 Å². The zero-order chi connectivity index (χ0) is 11.0. The van der Waals surface area contributed by atoms with Crippen LogP contribution in [-0.2, 0) is 0 Å². The Labute approximate surface area is 112 Å². The van der Waals surface area contributed by atoms with Gasteiger partial charge in [0, 0.05) is 6.04 Å². The molecule has 0 spiro atoms. The number of nitrogens with two attached hydrogens (primary N) is 1. The average molecular weight is 353 g/mol. The van der Waals surface area contributed by atoms with Crippen LogP contribution in [0, 0.1) is 11.8 Å². The van der Waals surface area contributed by atoms with Crippen LogP contribution in [0.4, 0.5) is 0 Å². The first-order chi connectivity index (χ1) is 7.09. The minimum Gasteiger partial charge on any atom is -0.324 e. The van der Waals surface area contributed by atoms with Gasteiger partial charge in [-0.05, 0) is 61.7 Å². The molecule has 1 aromatic rings. The number of hydrogen-bond donors (Lipinski definition) is 1. The fraction of sp³-hybridized carbons (Fsp3) is 0.636. The predicted molar refractivity (Wildman–Crippen MR) is 73.2 cm³/mol. The van der Waals surface area contributed by atoms with E-state index in [4.69, 9.17) is 5.73 Å². The van der Waals surface area contributed by atoms with Crippen molar-refractivity contribution in [3.8, 4) is 0 Å². The summed E-state index contributed by atoms with van der Waals surface area (Å²) in [5.74, 6) is 1.42. The fourth-order valence-corrected chi connectivity index (χ4v) is 5.47. The van der Waals surface area contributed by atoms with Gasteiger partial charge in [-0.3, -0.25) is 0 Å². The van der Waals surface area contributed by atoms with E-state index in [-0.39, 0.29) is 6.04 Å². The first-order valence-electron chi connectivity index (χ1n) is 5.30. The second-order valence-corrected chi connectivity index (χ2v) is 8.13. The summed E-state index contributed by atoms with van der Waals surface area (Å²) in [5, 5.41) is 0. The SMILES string of the molecule is CC1CCCC1C(N)c1cc(Br)sc1Br. The smallest absolute Gasteiger partial charge is 0.0758 e. The Balaban J connectivity index is 2.19. The quantitative estimate of drug-likeness (QED) is 0.819. The Bertz CT molecular complexity index is 350. The normalized spacial score (nSPS) is 28.3. The monoisotopic (exact) mass is 351 g/mol. The van der Waals surface area contributed by atoms with E-state index in [0.717, 1.165) is 9.70 Å². The molecular formula is C11H15Br2NS. The molecule has 0 saturated heterocycles. The van der Waals surface area contributed by atoms with E-state index in [1.54, 1.807) is 11.3 Å². The van der Waals surface area contributed by atoms with E-state index in [9.17, 15) is 0 Å². The van der Waals surface area contributed by atoms with Crippen LogP contribution in [-0.4, -0.2) is 0 Å². The van der Waals surface area contributed by atoms with Gasteiger partial charge in [0.05, 0.1) is 7.57 Å². The van der Waals surface area contributed by atoms with Gasteiger partial charge < -0.3 is 5.73 Å². The maximum atomic E-state index is 6.36. The summed E-state index contributed by atoms with van der Waals surface area (Å²) in [7, 11) is 0. The molecular weight excluding hydrogens is 338 g/mol. The molecule has 15 heavy (non-hydrogen) atoms. The summed E-state index contributed by atoms with van der Waals surface area (Å²) in [6.45, 7) is 2.33. The van der Waals surface area contributed by atoms with Crippen LogP contribution in [0.1, 0.15) is 37.8 Å². The minimum absolute atomic E-state index is 0.194.